The zero-order chi connectivity index (χ0) is 23.5. The van der Waals surface area contributed by atoms with Gasteiger partial charge in [-0.15, -0.1) is 0 Å². The van der Waals surface area contributed by atoms with Crippen LogP contribution in [0.5, 0.6) is 0 Å². The van der Waals surface area contributed by atoms with Crippen molar-refractivity contribution in [1.29, 1.82) is 0 Å². The lowest BCUT2D eigenvalue weighted by Crippen LogP contribution is -2.46. The minimum atomic E-state index is -4.59. The molecule has 1 aromatic heterocycles. The normalized spacial score (nSPS) is 16.2. The van der Waals surface area contributed by atoms with Crippen molar-refractivity contribution in [2.75, 3.05) is 16.5 Å². The number of H-pyrrole nitrogens is 1. The molecule has 1 N–H and O–H groups in total. The van der Waals surface area contributed by atoms with Gasteiger partial charge in [0.05, 0.1) is 22.5 Å². The lowest BCUT2D eigenvalue weighted by Gasteiger charge is -2.39. The van der Waals surface area contributed by atoms with Crippen LogP contribution in [0.4, 0.5) is 34.6 Å². The van der Waals surface area contributed by atoms with Crippen LogP contribution in [0, 0.1) is 12.7 Å². The molecule has 1 fully saturated rings. The highest BCUT2D eigenvalue weighted by Crippen LogP contribution is 2.45. The van der Waals surface area contributed by atoms with E-state index < -0.39 is 23.5 Å². The summed E-state index contributed by atoms with van der Waals surface area (Å²) in [5.41, 5.74) is 1.16. The summed E-state index contributed by atoms with van der Waals surface area (Å²) in [6.45, 7) is 1.56. The van der Waals surface area contributed by atoms with Crippen molar-refractivity contribution in [3.8, 4) is 0 Å². The fourth-order valence-electron chi connectivity index (χ4n) is 4.25. The minimum Gasteiger partial charge on any atom is -0.324 e. The van der Waals surface area contributed by atoms with Crippen LogP contribution in [-0.2, 0) is 6.18 Å². The molecule has 3 aromatic rings. The average Bonchev–Trinajstić information content (AvgIpc) is 3.59. The number of hydrogen-bond acceptors (Lipinski definition) is 3. The predicted molar refractivity (Wildman–Crippen MR) is 115 cm³/mol. The number of pyridine rings is 1. The molecule has 1 aliphatic carbocycles. The molecule has 2 heterocycles. The fourth-order valence-corrected chi connectivity index (χ4v) is 4.25. The van der Waals surface area contributed by atoms with Crippen LogP contribution in [0.15, 0.2) is 53.3 Å². The SMILES string of the molecule is Cc1cc(F)ccc1N1CN(c2ccc(=O)[nH]c2C2CC2)C(=O)c2ccc(C(F)(F)F)cc21. The predicted octanol–water partition coefficient (Wildman–Crippen LogP) is 5.47. The quantitative estimate of drug-likeness (QED) is 0.531. The number of hydrogen-bond donors (Lipinski definition) is 1. The van der Waals surface area contributed by atoms with Gasteiger partial charge in [0.25, 0.3) is 5.91 Å². The van der Waals surface area contributed by atoms with E-state index >= 15 is 0 Å². The van der Waals surface area contributed by atoms with E-state index in [-0.39, 0.29) is 29.4 Å². The number of rotatable bonds is 3. The van der Waals surface area contributed by atoms with Crippen LogP contribution in [0.3, 0.4) is 0 Å². The molecule has 0 bridgehead atoms. The lowest BCUT2D eigenvalue weighted by atomic mass is 10.0. The third-order valence-electron chi connectivity index (χ3n) is 6.03. The van der Waals surface area contributed by atoms with E-state index in [0.29, 0.717) is 22.6 Å². The molecule has 33 heavy (non-hydrogen) atoms. The van der Waals surface area contributed by atoms with Crippen molar-refractivity contribution in [3.05, 3.63) is 87.1 Å². The number of benzene rings is 2. The van der Waals surface area contributed by atoms with E-state index in [1.165, 1.54) is 35.2 Å². The molecule has 9 heteroatoms. The number of nitrogens with one attached hydrogen (secondary N) is 1. The largest absolute Gasteiger partial charge is 0.416 e. The number of anilines is 3. The Morgan fingerprint density at radius 3 is 2.30 bits per heavy atom. The van der Waals surface area contributed by atoms with E-state index in [0.717, 1.165) is 25.0 Å². The number of aryl methyl sites for hydroxylation is 1. The number of nitrogens with zero attached hydrogens (tertiary/aromatic N) is 2. The van der Waals surface area contributed by atoms with Gasteiger partial charge in [0.1, 0.15) is 12.5 Å². The van der Waals surface area contributed by atoms with E-state index in [9.17, 15) is 27.2 Å². The molecule has 0 radical (unpaired) electrons. The summed E-state index contributed by atoms with van der Waals surface area (Å²) in [7, 11) is 0. The lowest BCUT2D eigenvalue weighted by molar-refractivity contribution is -0.137. The van der Waals surface area contributed by atoms with Gasteiger partial charge >= 0.3 is 6.18 Å². The molecule has 170 valence electrons. The van der Waals surface area contributed by atoms with Gasteiger partial charge in [-0.3, -0.25) is 14.5 Å². The third kappa shape index (κ3) is 3.77. The van der Waals surface area contributed by atoms with E-state index in [1.54, 1.807) is 17.9 Å². The summed E-state index contributed by atoms with van der Waals surface area (Å²) >= 11 is 0. The summed E-state index contributed by atoms with van der Waals surface area (Å²) in [5, 5.41) is 0. The van der Waals surface area contributed by atoms with Crippen molar-refractivity contribution >= 4 is 23.0 Å². The Morgan fingerprint density at radius 1 is 0.909 bits per heavy atom. The first-order chi connectivity index (χ1) is 15.6. The highest BCUT2D eigenvalue weighted by atomic mass is 19.4. The molecule has 5 rings (SSSR count). The molecule has 5 nitrogen and oxygen atoms in total. The molecule has 0 atom stereocenters. The first kappa shape index (κ1) is 21.2. The van der Waals surface area contributed by atoms with Crippen LogP contribution in [0.1, 0.15) is 45.9 Å². The second-order valence-corrected chi connectivity index (χ2v) is 8.36. The van der Waals surface area contributed by atoms with Crippen LogP contribution in [0.25, 0.3) is 0 Å². The molecule has 0 spiro atoms. The van der Waals surface area contributed by atoms with Gasteiger partial charge in [-0.05, 0) is 67.8 Å². The molecule has 1 amide bonds. The molecule has 0 unspecified atom stereocenters. The second kappa shape index (κ2) is 7.47. The first-order valence-electron chi connectivity index (χ1n) is 10.4. The van der Waals surface area contributed by atoms with Gasteiger partial charge in [0.15, 0.2) is 0 Å². The number of alkyl halides is 3. The molecule has 0 saturated heterocycles. The van der Waals surface area contributed by atoms with Crippen molar-refractivity contribution in [2.24, 2.45) is 0 Å². The zero-order valence-electron chi connectivity index (χ0n) is 17.5. The van der Waals surface area contributed by atoms with Crippen molar-refractivity contribution < 1.29 is 22.4 Å². The maximum absolute atomic E-state index is 13.8. The van der Waals surface area contributed by atoms with Gasteiger partial charge in [-0.1, -0.05) is 0 Å². The second-order valence-electron chi connectivity index (χ2n) is 8.36. The summed E-state index contributed by atoms with van der Waals surface area (Å²) < 4.78 is 54.1. The number of aromatic nitrogens is 1. The number of fused-ring (bicyclic) bond motifs is 1. The Balaban J connectivity index is 1.69. The average molecular weight is 457 g/mol. The van der Waals surface area contributed by atoms with Crippen molar-refractivity contribution in [1.82, 2.24) is 4.98 Å². The monoisotopic (exact) mass is 457 g/mol. The highest BCUT2D eigenvalue weighted by molar-refractivity contribution is 6.13. The van der Waals surface area contributed by atoms with Gasteiger partial charge in [0.2, 0.25) is 5.56 Å². The van der Waals surface area contributed by atoms with Gasteiger partial charge in [-0.2, -0.15) is 13.2 Å². The van der Waals surface area contributed by atoms with Gasteiger partial charge in [0, 0.05) is 23.4 Å². The van der Waals surface area contributed by atoms with E-state index in [1.807, 2.05) is 0 Å². The molecule has 2 aromatic carbocycles. The van der Waals surface area contributed by atoms with Crippen LogP contribution in [0.2, 0.25) is 0 Å². The Hall–Kier alpha value is -3.62. The number of aromatic amines is 1. The van der Waals surface area contributed by atoms with Crippen LogP contribution >= 0.6 is 0 Å². The first-order valence-corrected chi connectivity index (χ1v) is 10.4. The van der Waals surface area contributed by atoms with Gasteiger partial charge in [-0.25, -0.2) is 4.39 Å². The zero-order valence-corrected chi connectivity index (χ0v) is 17.5. The summed E-state index contributed by atoms with van der Waals surface area (Å²) in [4.78, 5) is 31.2. The molecule has 2 aliphatic rings. The molecule has 1 saturated carbocycles. The Morgan fingerprint density at radius 2 is 1.64 bits per heavy atom. The number of halogens is 4. The topological polar surface area (TPSA) is 56.4 Å². The van der Waals surface area contributed by atoms with Crippen molar-refractivity contribution in [2.45, 2.75) is 31.9 Å². The smallest absolute Gasteiger partial charge is 0.324 e. The van der Waals surface area contributed by atoms with E-state index in [2.05, 4.69) is 4.98 Å². The van der Waals surface area contributed by atoms with E-state index in [4.69, 9.17) is 0 Å². The van der Waals surface area contributed by atoms with Gasteiger partial charge < -0.3 is 9.88 Å². The standard InChI is InChI=1S/C24H19F4N3O2/c1-13-10-16(25)5-7-18(13)30-12-31(19-8-9-21(32)29-22(19)14-2-3-14)23(33)17-6-4-15(11-20(17)30)24(26,27)28/h4-11,14H,2-3,12H2,1H3,(H,29,32). The highest BCUT2D eigenvalue weighted by Gasteiger charge is 2.38. The number of carbonyl (C=O) groups is 1. The molecular weight excluding hydrogens is 438 g/mol. The Labute approximate surface area is 186 Å². The Kier molecular flexibility index (Phi) is 4.81. The maximum atomic E-state index is 13.8. The molecular formula is C24H19F4N3O2. The summed E-state index contributed by atoms with van der Waals surface area (Å²) in [6.07, 6.45) is -2.83. The third-order valence-corrected chi connectivity index (χ3v) is 6.03. The maximum Gasteiger partial charge on any atom is 0.416 e. The minimum absolute atomic E-state index is 0.0888. The summed E-state index contributed by atoms with van der Waals surface area (Å²) in [5.74, 6) is -0.817. The van der Waals surface area contributed by atoms with Crippen molar-refractivity contribution in [3.63, 3.8) is 0 Å². The Bertz CT molecular complexity index is 1330. The summed E-state index contributed by atoms with van der Waals surface area (Å²) in [6, 6.07) is 9.88. The number of amides is 1. The van der Waals surface area contributed by atoms with Crippen LogP contribution < -0.4 is 15.4 Å². The number of carbonyl (C=O) groups excluding carboxylic acids is 1. The molecule has 1 aliphatic heterocycles. The fraction of sp³-hybridized carbons (Fsp3) is 0.250. The van der Waals surface area contributed by atoms with Crippen LogP contribution in [-0.4, -0.2) is 17.6 Å².